The summed E-state index contributed by atoms with van der Waals surface area (Å²) in [6, 6.07) is 18.3. The minimum absolute atomic E-state index is 0.182. The molecule has 1 unspecified atom stereocenters. The number of piperidine rings is 2. The molecule has 7 rings (SSSR count). The topological polar surface area (TPSA) is 186 Å². The zero-order valence-electron chi connectivity index (χ0n) is 34.6. The number of methoxy groups -OCH3 is 1. The van der Waals surface area contributed by atoms with Gasteiger partial charge in [-0.2, -0.15) is 4.98 Å². The minimum atomic E-state index is -3.56. The number of hydrogen-bond donors (Lipinski definition) is 4. The number of fused-ring (bicyclic) bond motifs is 1. The Hall–Kier alpha value is -5.25. The molecular formula is C43H52ClN8O8P. The highest BCUT2D eigenvalue weighted by molar-refractivity contribution is 7.62. The maximum absolute atomic E-state index is 13.2. The summed E-state index contributed by atoms with van der Waals surface area (Å²) in [6.45, 7) is 3.75. The predicted octanol–water partition coefficient (Wildman–Crippen LogP) is 6.70. The van der Waals surface area contributed by atoms with Gasteiger partial charge in [0.1, 0.15) is 22.6 Å². The lowest BCUT2D eigenvalue weighted by atomic mass is 10.0. The largest absolute Gasteiger partial charge is 0.494 e. The van der Waals surface area contributed by atoms with Crippen molar-refractivity contribution >= 4 is 71.1 Å². The lowest BCUT2D eigenvalue weighted by Crippen LogP contribution is -2.52. The van der Waals surface area contributed by atoms with Gasteiger partial charge >= 0.3 is 7.60 Å². The van der Waals surface area contributed by atoms with Crippen molar-refractivity contribution in [2.75, 3.05) is 63.1 Å². The Morgan fingerprint density at radius 3 is 2.46 bits per heavy atom. The lowest BCUT2D eigenvalue weighted by molar-refractivity contribution is -0.136. The second-order valence-corrected chi connectivity index (χ2v) is 17.7. The second kappa shape index (κ2) is 20.1. The van der Waals surface area contributed by atoms with Gasteiger partial charge in [0.25, 0.3) is 5.91 Å². The minimum Gasteiger partial charge on any atom is -0.494 e. The van der Waals surface area contributed by atoms with E-state index in [1.165, 1.54) is 20.4 Å². The van der Waals surface area contributed by atoms with Crippen LogP contribution < -0.4 is 40.9 Å². The van der Waals surface area contributed by atoms with E-state index in [0.717, 1.165) is 75.2 Å². The van der Waals surface area contributed by atoms with Crippen LogP contribution in [0.15, 0.2) is 66.9 Å². The summed E-state index contributed by atoms with van der Waals surface area (Å²) in [5.74, 6) is 1.07. The molecule has 0 saturated carbocycles. The van der Waals surface area contributed by atoms with E-state index in [2.05, 4.69) is 42.2 Å². The normalized spacial score (nSPS) is 17.0. The summed E-state index contributed by atoms with van der Waals surface area (Å²) >= 11 is 6.47. The van der Waals surface area contributed by atoms with Crippen molar-refractivity contribution in [1.82, 2.24) is 25.5 Å². The highest BCUT2D eigenvalue weighted by atomic mass is 35.5. The summed E-state index contributed by atoms with van der Waals surface area (Å²) in [5.41, 5.74) is 3.66. The Morgan fingerprint density at radius 2 is 1.69 bits per heavy atom. The summed E-state index contributed by atoms with van der Waals surface area (Å²) in [6.07, 6.45) is 8.33. The average molecular weight is 875 g/mol. The Bertz CT molecular complexity index is 2270. The molecule has 0 bridgehead atoms. The molecule has 3 aliphatic heterocycles. The molecule has 3 aromatic carbocycles. The van der Waals surface area contributed by atoms with Crippen molar-refractivity contribution in [2.24, 2.45) is 0 Å². The molecule has 4 N–H and O–H groups in total. The number of carbonyl (C=O) groups is 3. The number of anilines is 5. The number of nitrogens with zero attached hydrogens (tertiary/aromatic N) is 4. The monoisotopic (exact) mass is 874 g/mol. The fraction of sp³-hybridized carbons (Fsp3) is 0.419. The number of aromatic nitrogens is 2. The molecule has 4 aromatic rings. The van der Waals surface area contributed by atoms with Gasteiger partial charge in [0.05, 0.1) is 36.6 Å². The molecular weight excluding hydrogens is 823 g/mol. The maximum atomic E-state index is 13.2. The number of unbranched alkanes of at least 4 members (excludes halogenated alkanes) is 3. The van der Waals surface area contributed by atoms with E-state index in [0.29, 0.717) is 59.4 Å². The first-order chi connectivity index (χ1) is 29.6. The number of imide groups is 1. The van der Waals surface area contributed by atoms with Crippen LogP contribution in [0.25, 0.3) is 0 Å². The van der Waals surface area contributed by atoms with Gasteiger partial charge < -0.3 is 44.3 Å². The molecule has 61 heavy (non-hydrogen) atoms. The number of rotatable bonds is 19. The molecule has 324 valence electrons. The summed E-state index contributed by atoms with van der Waals surface area (Å²) in [7, 11) is 0.734. The molecule has 0 aliphatic carbocycles. The van der Waals surface area contributed by atoms with Gasteiger partial charge in [-0.05, 0) is 86.7 Å². The van der Waals surface area contributed by atoms with Gasteiger partial charge in [0, 0.05) is 63.6 Å². The second-order valence-electron chi connectivity index (χ2n) is 15.1. The first-order valence-electron chi connectivity index (χ1n) is 20.5. The van der Waals surface area contributed by atoms with Crippen molar-refractivity contribution in [3.8, 4) is 11.5 Å². The summed E-state index contributed by atoms with van der Waals surface area (Å²) < 4.78 is 35.4. The number of hydrogen-bond acceptors (Lipinski definition) is 14. The molecule has 0 spiro atoms. The Balaban J connectivity index is 0.811. The number of ether oxygens (including phenoxy) is 2. The van der Waals surface area contributed by atoms with Crippen LogP contribution >= 0.6 is 19.2 Å². The number of halogens is 1. The van der Waals surface area contributed by atoms with E-state index >= 15 is 0 Å². The zero-order valence-corrected chi connectivity index (χ0v) is 36.2. The van der Waals surface area contributed by atoms with Crippen LogP contribution in [0.2, 0.25) is 5.02 Å². The first kappa shape index (κ1) is 43.8. The van der Waals surface area contributed by atoms with E-state index in [1.54, 1.807) is 42.3 Å². The highest BCUT2D eigenvalue weighted by Gasteiger charge is 2.39. The van der Waals surface area contributed by atoms with Gasteiger partial charge in [-0.1, -0.05) is 36.6 Å². The molecule has 0 radical (unpaired) electrons. The maximum Gasteiger partial charge on any atom is 0.362 e. The van der Waals surface area contributed by atoms with E-state index in [9.17, 15) is 18.9 Å². The fourth-order valence-electron chi connectivity index (χ4n) is 7.89. The third kappa shape index (κ3) is 10.4. The zero-order chi connectivity index (χ0) is 42.9. The standard InChI is InChI=1S/C43H52ClN8O8P/c1-57-37-25-30(12-15-34(37)48-43-46-26-33(44)40(50-43)47-35-10-6-7-11-38(35)61(56,58-2)59-3)51-21-18-29(19-22-51)45-20-8-4-5-9-23-60-31-13-14-32-28(24-31)27-52(42(32)55)36-16-17-39(53)49-41(36)54/h6-7,10-15,24-26,29,36,45H,4-5,8-9,16-23,27H2,1-3H3,(H,49,53,54)(H2,46,47,48,50). The number of para-hydroxylation sites is 1. The van der Waals surface area contributed by atoms with Crippen molar-refractivity contribution in [1.29, 1.82) is 0 Å². The summed E-state index contributed by atoms with van der Waals surface area (Å²) in [5, 5.41) is 13.1. The lowest BCUT2D eigenvalue weighted by Gasteiger charge is -2.34. The van der Waals surface area contributed by atoms with E-state index in [4.69, 9.17) is 30.1 Å². The van der Waals surface area contributed by atoms with Gasteiger partial charge in [-0.25, -0.2) is 4.98 Å². The van der Waals surface area contributed by atoms with Gasteiger partial charge in [0.2, 0.25) is 17.8 Å². The predicted molar refractivity (Wildman–Crippen MR) is 234 cm³/mol. The van der Waals surface area contributed by atoms with E-state index in [-0.39, 0.29) is 29.2 Å². The third-order valence-corrected chi connectivity index (χ3v) is 13.5. The number of benzene rings is 3. The van der Waals surface area contributed by atoms with Crippen molar-refractivity contribution in [2.45, 2.75) is 70.0 Å². The molecule has 1 atom stereocenters. The number of amides is 3. The van der Waals surface area contributed by atoms with Crippen molar-refractivity contribution in [3.05, 3.63) is 83.0 Å². The molecule has 3 aliphatic rings. The van der Waals surface area contributed by atoms with Crippen LogP contribution in [0.1, 0.15) is 67.3 Å². The molecule has 1 aromatic heterocycles. The van der Waals surface area contributed by atoms with Gasteiger partial charge in [-0.3, -0.25) is 24.3 Å². The third-order valence-electron chi connectivity index (χ3n) is 11.2. The Morgan fingerprint density at radius 1 is 0.902 bits per heavy atom. The quantitative estimate of drug-likeness (QED) is 0.0443. The average Bonchev–Trinajstić information content (AvgIpc) is 3.60. The molecule has 3 amide bonds. The molecule has 2 fully saturated rings. The van der Waals surface area contributed by atoms with Crippen LogP contribution in [0.4, 0.5) is 28.8 Å². The molecule has 4 heterocycles. The van der Waals surface area contributed by atoms with Gasteiger partial charge in [0.15, 0.2) is 5.82 Å². The van der Waals surface area contributed by atoms with Crippen LogP contribution in [0.3, 0.4) is 0 Å². The van der Waals surface area contributed by atoms with Crippen molar-refractivity contribution in [3.63, 3.8) is 0 Å². The van der Waals surface area contributed by atoms with Crippen molar-refractivity contribution < 1.29 is 37.5 Å². The first-order valence-corrected chi connectivity index (χ1v) is 22.5. The molecule has 16 nitrogen and oxygen atoms in total. The number of nitrogens with one attached hydrogen (secondary N) is 4. The molecule has 2 saturated heterocycles. The smallest absolute Gasteiger partial charge is 0.362 e. The van der Waals surface area contributed by atoms with Crippen LogP contribution in [-0.2, 0) is 29.7 Å². The van der Waals surface area contributed by atoms with E-state index in [1.807, 2.05) is 24.3 Å². The SMILES string of the molecule is COc1cc(N2CCC(NCCCCCCOc3ccc4c(c3)CN(C3CCC(=O)NC3=O)C4=O)CC2)ccc1Nc1ncc(Cl)c(Nc2ccccc2P(=O)(OC)OC)n1. The molecule has 18 heteroatoms. The Labute approximate surface area is 360 Å². The van der Waals surface area contributed by atoms with Gasteiger partial charge in [-0.15, -0.1) is 0 Å². The fourth-order valence-corrected chi connectivity index (χ4v) is 9.27. The highest BCUT2D eigenvalue weighted by Crippen LogP contribution is 2.47. The van der Waals surface area contributed by atoms with E-state index < -0.39 is 19.5 Å². The van der Waals surface area contributed by atoms with Crippen LogP contribution in [-0.4, -0.2) is 92.2 Å². The van der Waals surface area contributed by atoms with Crippen LogP contribution in [0.5, 0.6) is 11.5 Å². The van der Waals surface area contributed by atoms with Crippen LogP contribution in [0, 0.1) is 0 Å². The number of carbonyl (C=O) groups excluding carboxylic acids is 3. The summed E-state index contributed by atoms with van der Waals surface area (Å²) in [4.78, 5) is 49.7. The Kier molecular flexibility index (Phi) is 14.4.